The molecular formula is C22H18N4O4S. The molecule has 0 spiro atoms. The van der Waals surface area contributed by atoms with Crippen LogP contribution in [0.5, 0.6) is 5.75 Å². The van der Waals surface area contributed by atoms with Crippen molar-refractivity contribution in [2.45, 2.75) is 31.4 Å². The van der Waals surface area contributed by atoms with Gasteiger partial charge in [0.1, 0.15) is 22.7 Å². The maximum Gasteiger partial charge on any atom is 0.294 e. The van der Waals surface area contributed by atoms with E-state index >= 15 is 0 Å². The van der Waals surface area contributed by atoms with Crippen molar-refractivity contribution in [2.75, 3.05) is 0 Å². The number of ether oxygens (including phenoxy) is 1. The monoisotopic (exact) mass is 434 g/mol. The molecule has 9 heteroatoms. The van der Waals surface area contributed by atoms with Gasteiger partial charge in [0.2, 0.25) is 5.58 Å². The van der Waals surface area contributed by atoms with Gasteiger partial charge in [-0.1, -0.05) is 36.0 Å². The molecular weight excluding hydrogens is 416 g/mol. The number of thioether (sulfide) groups is 1. The highest BCUT2D eigenvalue weighted by Crippen LogP contribution is 2.26. The lowest BCUT2D eigenvalue weighted by Crippen LogP contribution is -2.10. The number of para-hydroxylation sites is 1. The molecule has 0 aliphatic carbocycles. The summed E-state index contributed by atoms with van der Waals surface area (Å²) in [6, 6.07) is 13.4. The van der Waals surface area contributed by atoms with Gasteiger partial charge in [-0.05, 0) is 43.2 Å². The molecule has 0 bridgehead atoms. The minimum absolute atomic E-state index is 0.180. The molecule has 0 radical (unpaired) electrons. The van der Waals surface area contributed by atoms with Crippen LogP contribution in [-0.2, 0) is 12.4 Å². The number of nitrogens with one attached hydrogen (secondary N) is 1. The Morgan fingerprint density at radius 3 is 2.87 bits per heavy atom. The fraction of sp³-hybridized carbons (Fsp3) is 0.182. The summed E-state index contributed by atoms with van der Waals surface area (Å²) in [7, 11) is 0. The second-order valence-electron chi connectivity index (χ2n) is 7.10. The number of fused-ring (bicyclic) bond motifs is 3. The molecule has 3 heterocycles. The molecule has 3 aromatic heterocycles. The molecule has 0 fully saturated rings. The van der Waals surface area contributed by atoms with Crippen LogP contribution in [0.4, 0.5) is 0 Å². The fourth-order valence-electron chi connectivity index (χ4n) is 3.20. The van der Waals surface area contributed by atoms with Crippen LogP contribution in [0.1, 0.15) is 22.8 Å². The second kappa shape index (κ2) is 7.92. The summed E-state index contributed by atoms with van der Waals surface area (Å²) in [4.78, 5) is 19.7. The molecule has 5 aromatic rings. The van der Waals surface area contributed by atoms with Crippen LogP contribution in [-0.4, -0.2) is 20.2 Å². The van der Waals surface area contributed by atoms with Gasteiger partial charge in [-0.2, -0.15) is 0 Å². The summed E-state index contributed by atoms with van der Waals surface area (Å²) < 4.78 is 17.1. The molecule has 0 saturated heterocycles. The average molecular weight is 434 g/mol. The molecule has 5 rings (SSSR count). The first-order valence-corrected chi connectivity index (χ1v) is 10.6. The fourth-order valence-corrected chi connectivity index (χ4v) is 3.85. The average Bonchev–Trinajstić information content (AvgIpc) is 3.38. The Morgan fingerprint density at radius 2 is 1.97 bits per heavy atom. The van der Waals surface area contributed by atoms with Gasteiger partial charge < -0.3 is 18.6 Å². The van der Waals surface area contributed by atoms with Crippen LogP contribution in [0.25, 0.3) is 22.1 Å². The van der Waals surface area contributed by atoms with Crippen LogP contribution in [0.15, 0.2) is 61.3 Å². The lowest BCUT2D eigenvalue weighted by Gasteiger charge is -2.07. The largest absolute Gasteiger partial charge is 0.484 e. The highest BCUT2D eigenvalue weighted by atomic mass is 32.2. The van der Waals surface area contributed by atoms with E-state index in [4.69, 9.17) is 13.6 Å². The van der Waals surface area contributed by atoms with Crippen molar-refractivity contribution < 1.29 is 13.6 Å². The summed E-state index contributed by atoms with van der Waals surface area (Å²) in [5, 5.41) is 9.24. The Labute approximate surface area is 180 Å². The maximum absolute atomic E-state index is 12.4. The highest BCUT2D eigenvalue weighted by molar-refractivity contribution is 7.98. The van der Waals surface area contributed by atoms with Gasteiger partial charge in [0.15, 0.2) is 6.61 Å². The van der Waals surface area contributed by atoms with Crippen molar-refractivity contribution in [3.63, 3.8) is 0 Å². The van der Waals surface area contributed by atoms with Crippen molar-refractivity contribution in [1.29, 1.82) is 0 Å². The van der Waals surface area contributed by atoms with E-state index in [1.165, 1.54) is 11.8 Å². The van der Waals surface area contributed by atoms with Gasteiger partial charge in [-0.25, -0.2) is 4.98 Å². The van der Waals surface area contributed by atoms with E-state index in [2.05, 4.69) is 20.2 Å². The lowest BCUT2D eigenvalue weighted by atomic mass is 10.1. The topological polar surface area (TPSA) is 107 Å². The van der Waals surface area contributed by atoms with Gasteiger partial charge in [0.05, 0.1) is 5.75 Å². The predicted octanol–water partition coefficient (Wildman–Crippen LogP) is 4.54. The van der Waals surface area contributed by atoms with Gasteiger partial charge in [0.25, 0.3) is 16.7 Å². The van der Waals surface area contributed by atoms with E-state index in [-0.39, 0.29) is 17.7 Å². The molecule has 2 aromatic carbocycles. The van der Waals surface area contributed by atoms with E-state index in [0.29, 0.717) is 33.8 Å². The first-order chi connectivity index (χ1) is 15.1. The summed E-state index contributed by atoms with van der Waals surface area (Å²) in [6.45, 7) is 4.17. The van der Waals surface area contributed by atoms with Crippen LogP contribution in [0, 0.1) is 13.8 Å². The smallest absolute Gasteiger partial charge is 0.294 e. The quantitative estimate of drug-likeness (QED) is 0.388. The number of aryl methyl sites for hydroxylation is 2. The van der Waals surface area contributed by atoms with Crippen molar-refractivity contribution >= 4 is 33.8 Å². The number of nitrogens with zero attached hydrogens (tertiary/aromatic N) is 3. The van der Waals surface area contributed by atoms with Crippen molar-refractivity contribution in [3.8, 4) is 5.75 Å². The molecule has 0 saturated carbocycles. The Hall–Kier alpha value is -3.59. The predicted molar refractivity (Wildman–Crippen MR) is 116 cm³/mol. The van der Waals surface area contributed by atoms with E-state index in [1.54, 1.807) is 0 Å². The molecule has 0 aliphatic rings. The summed E-state index contributed by atoms with van der Waals surface area (Å²) >= 11 is 1.29. The molecule has 31 heavy (non-hydrogen) atoms. The third-order valence-electron chi connectivity index (χ3n) is 4.76. The zero-order chi connectivity index (χ0) is 21.4. The molecule has 0 unspecified atom stereocenters. The number of aromatic amines is 1. The van der Waals surface area contributed by atoms with Gasteiger partial charge in [-0.15, -0.1) is 10.2 Å². The number of rotatable bonds is 6. The number of hydrogen-bond acceptors (Lipinski definition) is 8. The first-order valence-electron chi connectivity index (χ1n) is 9.62. The van der Waals surface area contributed by atoms with Crippen LogP contribution >= 0.6 is 11.8 Å². The Morgan fingerprint density at radius 1 is 1.10 bits per heavy atom. The lowest BCUT2D eigenvalue weighted by molar-refractivity contribution is 0.250. The summed E-state index contributed by atoms with van der Waals surface area (Å²) in [6.07, 6.45) is 0. The van der Waals surface area contributed by atoms with Crippen molar-refractivity contribution in [2.24, 2.45) is 0 Å². The third-order valence-corrected chi connectivity index (χ3v) is 5.59. The molecule has 0 atom stereocenters. The van der Waals surface area contributed by atoms with Gasteiger partial charge in [-0.3, -0.25) is 4.79 Å². The minimum Gasteiger partial charge on any atom is -0.484 e. The van der Waals surface area contributed by atoms with Crippen LogP contribution < -0.4 is 10.3 Å². The van der Waals surface area contributed by atoms with Crippen LogP contribution in [0.3, 0.4) is 0 Å². The van der Waals surface area contributed by atoms with E-state index in [1.807, 2.05) is 56.3 Å². The van der Waals surface area contributed by atoms with Gasteiger partial charge in [0, 0.05) is 5.39 Å². The zero-order valence-corrected chi connectivity index (χ0v) is 17.7. The standard InChI is InChI=1S/C22H18N4O4S/c1-12-7-8-13(2)16(9-12)28-10-18-25-26-22(30-18)31-11-17-23-19-14-5-3-4-6-15(14)29-20(19)21(27)24-17/h3-9H,10-11H2,1-2H3,(H,23,24,27). The third kappa shape index (κ3) is 3.91. The van der Waals surface area contributed by atoms with Crippen LogP contribution in [0.2, 0.25) is 0 Å². The second-order valence-corrected chi connectivity index (χ2v) is 8.02. The van der Waals surface area contributed by atoms with Gasteiger partial charge >= 0.3 is 0 Å². The van der Waals surface area contributed by atoms with E-state index in [9.17, 15) is 4.79 Å². The molecule has 156 valence electrons. The zero-order valence-electron chi connectivity index (χ0n) is 16.8. The molecule has 0 amide bonds. The normalized spacial score (nSPS) is 11.4. The number of H-pyrrole nitrogens is 1. The SMILES string of the molecule is Cc1ccc(C)c(OCc2nnc(SCc3nc4c(oc5ccccc54)c(=O)[nH]3)o2)c1. The van der Waals surface area contributed by atoms with Crippen molar-refractivity contribution in [1.82, 2.24) is 20.2 Å². The number of aromatic nitrogens is 4. The van der Waals surface area contributed by atoms with E-state index in [0.717, 1.165) is 22.3 Å². The van der Waals surface area contributed by atoms with Crippen molar-refractivity contribution in [3.05, 3.63) is 75.7 Å². The maximum atomic E-state index is 12.4. The molecule has 8 nitrogen and oxygen atoms in total. The summed E-state index contributed by atoms with van der Waals surface area (Å²) in [5.74, 6) is 2.03. The Bertz CT molecular complexity index is 1450. The molecule has 0 aliphatic heterocycles. The first kappa shape index (κ1) is 19.4. The number of furan rings is 1. The Kier molecular flexibility index (Phi) is 4.95. The Balaban J connectivity index is 1.29. The van der Waals surface area contributed by atoms with E-state index < -0.39 is 0 Å². The summed E-state index contributed by atoms with van der Waals surface area (Å²) in [5.41, 5.74) is 3.24. The molecule has 1 N–H and O–H groups in total. The minimum atomic E-state index is -0.315. The highest BCUT2D eigenvalue weighted by Gasteiger charge is 2.14. The number of hydrogen-bond donors (Lipinski definition) is 1. The number of benzene rings is 2.